The summed E-state index contributed by atoms with van der Waals surface area (Å²) in [6.45, 7) is 17.7. The molecule has 8 bridgehead atoms. The molecule has 9 fully saturated rings. The number of nitrogens with zero attached hydrogens (tertiary/aromatic N) is 3. The van der Waals surface area contributed by atoms with Crippen molar-refractivity contribution in [3.63, 3.8) is 0 Å². The fourth-order valence-electron chi connectivity index (χ4n) is 19.3. The highest BCUT2D eigenvalue weighted by Crippen LogP contribution is 2.70. The van der Waals surface area contributed by atoms with Gasteiger partial charge in [-0.2, -0.15) is 0 Å². The summed E-state index contributed by atoms with van der Waals surface area (Å²) in [5.74, 6) is -2.03. The smallest absolute Gasteiger partial charge is 0.324 e. The van der Waals surface area contributed by atoms with Crippen LogP contribution in [0.3, 0.4) is 0 Å². The van der Waals surface area contributed by atoms with Crippen LogP contribution in [0.15, 0.2) is 24.3 Å². The Hall–Kier alpha value is -6.05. The second-order valence-electron chi connectivity index (χ2n) is 32.1. The van der Waals surface area contributed by atoms with E-state index in [1.54, 1.807) is 4.90 Å². The summed E-state index contributed by atoms with van der Waals surface area (Å²) in [6.07, 6.45) is 34.8. The summed E-state index contributed by atoms with van der Waals surface area (Å²) in [7, 11) is 0. The molecule has 0 spiro atoms. The summed E-state index contributed by atoms with van der Waals surface area (Å²) in [5.41, 5.74) is 8.70. The topological polar surface area (TPSA) is 194 Å². The molecule has 5 heterocycles. The number of aromatic nitrogens is 4. The molecule has 8 atom stereocenters. The molecule has 0 unspecified atom stereocenters. The van der Waals surface area contributed by atoms with E-state index in [1.807, 2.05) is 0 Å². The third-order valence-corrected chi connectivity index (χ3v) is 24.8. The van der Waals surface area contributed by atoms with Gasteiger partial charge in [-0.15, -0.1) is 0 Å². The Kier molecular flexibility index (Phi) is 15.8. The van der Waals surface area contributed by atoms with Crippen molar-refractivity contribution in [3.05, 3.63) is 69.3 Å². The van der Waals surface area contributed by atoms with Crippen LogP contribution in [0.4, 0.5) is 4.79 Å². The number of fused-ring (bicyclic) bond motifs is 8. The zero-order valence-corrected chi connectivity index (χ0v) is 54.7. The molecule has 9 saturated carbocycles. The average Bonchev–Trinajstić information content (AvgIpc) is 1.60. The quantitative estimate of drug-likeness (QED) is 0.0675. The van der Waals surface area contributed by atoms with Crippen molar-refractivity contribution in [3.8, 4) is 0 Å². The Labute approximate surface area is 528 Å². The molecule has 0 aromatic carbocycles. The predicted octanol–water partition coefficient (Wildman–Crippen LogP) is 15.2. The van der Waals surface area contributed by atoms with Gasteiger partial charge in [0.2, 0.25) is 23.6 Å². The number of nitrogens with one attached hydrogen (secondary N) is 6. The Bertz CT molecular complexity index is 3380. The molecule has 2 aliphatic heterocycles. The zero-order chi connectivity index (χ0) is 61.9. The minimum Gasteiger partial charge on any atom is -0.355 e. The predicted molar refractivity (Wildman–Crippen MR) is 353 cm³/mol. The van der Waals surface area contributed by atoms with Crippen LogP contribution in [-0.2, 0) is 19.2 Å². The maximum atomic E-state index is 15.9. The molecule has 89 heavy (non-hydrogen) atoms. The minimum absolute atomic E-state index is 0.0651. The molecular weight excluding hydrogens is 1110 g/mol. The fourth-order valence-corrected chi connectivity index (χ4v) is 19.3. The third kappa shape index (κ3) is 11.0. The number of carbonyl (C=O) groups excluding carboxylic acids is 5. The van der Waals surface area contributed by atoms with Crippen molar-refractivity contribution < 1.29 is 24.0 Å². The number of imide groups is 1. The number of hydrogen-bond donors (Lipinski definition) is 6. The monoisotopic (exact) mass is 1210 g/mol. The van der Waals surface area contributed by atoms with E-state index in [-0.39, 0.29) is 101 Å². The molecule has 14 heteroatoms. The highest BCUT2D eigenvalue weighted by molar-refractivity contribution is 6.00. The van der Waals surface area contributed by atoms with Gasteiger partial charge < -0.3 is 31.2 Å². The SMILES string of the molecule is CC1(C)[C@H](C(=O)NC2CCCCC2)[C@@H]1c1c2nc(c([C@H]3[C@@H](C(=O)NC4CCCCC4)C3(C)C)c3ccc([nH]3)c([C@H]3[C@@H](C(=O)N(C(=O)NC4CCCCC4)C4CCCCC4)C3(C)C)c3ccc([nH]3)c([C@H]3[C@@H](C(=O)NC4CCCCC4)C3(C)C)c3nc1C=C3)C=C2. The van der Waals surface area contributed by atoms with Crippen LogP contribution < -0.4 is 21.3 Å². The highest BCUT2D eigenvalue weighted by Gasteiger charge is 2.68. The van der Waals surface area contributed by atoms with Gasteiger partial charge in [0, 0.05) is 98.2 Å². The van der Waals surface area contributed by atoms with Crippen molar-refractivity contribution >= 4 is 76.0 Å². The Balaban J connectivity index is 0.965. The van der Waals surface area contributed by atoms with Gasteiger partial charge in [0.15, 0.2) is 0 Å². The maximum absolute atomic E-state index is 15.9. The zero-order valence-electron chi connectivity index (χ0n) is 54.7. The lowest BCUT2D eigenvalue weighted by Gasteiger charge is -2.35. The highest BCUT2D eigenvalue weighted by atomic mass is 16.2. The van der Waals surface area contributed by atoms with Gasteiger partial charge in [-0.05, 0) is 134 Å². The van der Waals surface area contributed by atoms with E-state index in [2.05, 4.69) is 135 Å². The Morgan fingerprint density at radius 3 is 1.01 bits per heavy atom. The minimum atomic E-state index is -0.541. The number of aromatic amines is 2. The van der Waals surface area contributed by atoms with Gasteiger partial charge in [0.1, 0.15) is 0 Å². The number of hydrogen-bond acceptors (Lipinski definition) is 7. The lowest BCUT2D eigenvalue weighted by Crippen LogP contribution is -2.53. The van der Waals surface area contributed by atoms with Crippen LogP contribution >= 0.6 is 0 Å². The molecule has 6 amide bonds. The molecule has 476 valence electrons. The molecule has 3 aromatic rings. The molecule has 0 radical (unpaired) electrons. The summed E-state index contributed by atoms with van der Waals surface area (Å²) < 4.78 is 0. The summed E-state index contributed by atoms with van der Waals surface area (Å²) in [5, 5.41) is 14.0. The van der Waals surface area contributed by atoms with E-state index in [1.165, 1.54) is 25.7 Å². The molecule has 9 aliphatic carbocycles. The number of H-pyrrole nitrogens is 2. The van der Waals surface area contributed by atoms with Crippen molar-refractivity contribution in [2.75, 3.05) is 0 Å². The van der Waals surface area contributed by atoms with Gasteiger partial charge in [0.05, 0.1) is 46.4 Å². The van der Waals surface area contributed by atoms with Gasteiger partial charge in [0.25, 0.3) is 0 Å². The molecule has 0 saturated heterocycles. The molecule has 3 aromatic heterocycles. The van der Waals surface area contributed by atoms with Gasteiger partial charge in [-0.1, -0.05) is 152 Å². The normalized spacial score (nSPS) is 29.6. The number of carbonyl (C=O) groups is 5. The van der Waals surface area contributed by atoms with E-state index in [0.29, 0.717) is 0 Å². The second kappa shape index (κ2) is 23.3. The van der Waals surface area contributed by atoms with E-state index in [4.69, 9.17) is 9.97 Å². The van der Waals surface area contributed by atoms with E-state index in [0.717, 1.165) is 202 Å². The van der Waals surface area contributed by atoms with Crippen LogP contribution in [0.5, 0.6) is 0 Å². The van der Waals surface area contributed by atoms with Crippen molar-refractivity contribution in [1.82, 2.24) is 46.1 Å². The van der Waals surface area contributed by atoms with Crippen LogP contribution in [0.1, 0.15) is 285 Å². The van der Waals surface area contributed by atoms with Gasteiger partial charge in [-0.3, -0.25) is 24.1 Å². The summed E-state index contributed by atoms with van der Waals surface area (Å²) >= 11 is 0. The van der Waals surface area contributed by atoms with E-state index < -0.39 is 27.6 Å². The second-order valence-corrected chi connectivity index (χ2v) is 32.1. The van der Waals surface area contributed by atoms with Crippen LogP contribution in [-0.4, -0.2) is 84.7 Å². The van der Waals surface area contributed by atoms with Gasteiger partial charge >= 0.3 is 6.03 Å². The molecular formula is C75H101N9O5. The first-order chi connectivity index (χ1) is 42.7. The van der Waals surface area contributed by atoms with Crippen LogP contribution in [0, 0.1) is 45.3 Å². The van der Waals surface area contributed by atoms with Crippen LogP contribution in [0.25, 0.3) is 46.4 Å². The van der Waals surface area contributed by atoms with Crippen molar-refractivity contribution in [2.24, 2.45) is 45.3 Å². The number of rotatable bonds is 13. The van der Waals surface area contributed by atoms with Crippen molar-refractivity contribution in [1.29, 1.82) is 0 Å². The Morgan fingerprint density at radius 2 is 0.652 bits per heavy atom. The molecule has 14 nitrogen and oxygen atoms in total. The van der Waals surface area contributed by atoms with Gasteiger partial charge in [-0.25, -0.2) is 14.8 Å². The lowest BCUT2D eigenvalue weighted by molar-refractivity contribution is -0.133. The number of amides is 6. The summed E-state index contributed by atoms with van der Waals surface area (Å²) in [4.78, 5) is 96.2. The first-order valence-electron chi connectivity index (χ1n) is 35.5. The lowest BCUT2D eigenvalue weighted by atomic mass is 9.93. The largest absolute Gasteiger partial charge is 0.355 e. The first kappa shape index (κ1) is 60.5. The maximum Gasteiger partial charge on any atom is 0.324 e. The molecule has 6 N–H and O–H groups in total. The summed E-state index contributed by atoms with van der Waals surface area (Å²) in [6, 6.07) is 8.82. The molecule has 14 rings (SSSR count). The third-order valence-electron chi connectivity index (χ3n) is 24.8. The van der Waals surface area contributed by atoms with Crippen LogP contribution in [0.2, 0.25) is 0 Å². The first-order valence-corrected chi connectivity index (χ1v) is 35.5. The Morgan fingerprint density at radius 1 is 0.371 bits per heavy atom. The van der Waals surface area contributed by atoms with E-state index >= 15 is 4.79 Å². The average molecular weight is 1210 g/mol. The number of urea groups is 1. The van der Waals surface area contributed by atoms with Crippen molar-refractivity contribution in [2.45, 2.75) is 270 Å². The fraction of sp³-hybridized carbons (Fsp3) is 0.667. The molecule has 11 aliphatic rings. The standard InChI is InChI=1S/C75H101N9O5/c1-72(2)59(63(72)67(85)76-42-24-14-9-15-25-42)55-47-34-36-49(80-47)56(60-64(73(60,3)4)68(86)77-43-26-16-10-17-27-43)51-38-40-53(82-51)58(62-66(75(62,7)8)70(88)84(46-32-22-13-23-33-46)71(89)79-45-30-20-12-21-31-45)54-41-39-52(83-54)57(50-37-35-48(55)81-50)61-65(74(61,5)6)69(87)78-44-28-18-11-19-29-44/h34-46,59-66,82-83H,9-33H2,1-8H3,(H,76,85)(H,77,86)(H,78,87)(H,79,89)/t59-,60-,61-,62-,63-,64-,65-,66-/m0/s1. The van der Waals surface area contributed by atoms with E-state index in [9.17, 15) is 19.2 Å².